The summed E-state index contributed by atoms with van der Waals surface area (Å²) >= 11 is 0. The molecule has 77 heavy (non-hydrogen) atoms. The molecule has 0 amide bonds. The van der Waals surface area contributed by atoms with Crippen molar-refractivity contribution in [1.82, 2.24) is 0 Å². The Morgan fingerprint density at radius 3 is 0.727 bits per heavy atom. The maximum Gasteiger partial charge on any atom is 4.00 e. The SMILES string of the molecule is Cc1cc(Cc2ccccc2)c([Si](c2cc(Cc3ccccc3)c(C)cc2Cc2ccccc2)(c2cc(Cc3ccccc3)c(C)cc2Cc2ccccc2)c2c(C)c(C)c(C)[c-]2C)cc1Cc1ccccc1.[Cl-].[Cl-].[Cl-].[Ti+4]. The van der Waals surface area contributed by atoms with Gasteiger partial charge < -0.3 is 37.2 Å². The molecule has 10 rings (SSSR count). The van der Waals surface area contributed by atoms with Gasteiger partial charge in [-0.05, 0) is 158 Å². The van der Waals surface area contributed by atoms with E-state index in [2.05, 4.69) is 267 Å². The number of benzene rings is 9. The van der Waals surface area contributed by atoms with E-state index in [9.17, 15) is 0 Å². The summed E-state index contributed by atoms with van der Waals surface area (Å²) < 4.78 is 0. The normalized spacial score (nSPS) is 10.9. The zero-order chi connectivity index (χ0) is 50.5. The molecule has 0 spiro atoms. The minimum atomic E-state index is -3.51. The van der Waals surface area contributed by atoms with E-state index < -0.39 is 8.07 Å². The van der Waals surface area contributed by atoms with E-state index in [0.717, 1.165) is 38.5 Å². The molecular weight excluding hydrogens is 1050 g/mol. The minimum Gasteiger partial charge on any atom is -1.00 e. The zero-order valence-corrected chi connectivity index (χ0v) is 50.5. The van der Waals surface area contributed by atoms with E-state index in [-0.39, 0.29) is 58.9 Å². The molecule has 0 heterocycles. The van der Waals surface area contributed by atoms with Crippen LogP contribution in [0, 0.1) is 48.5 Å². The van der Waals surface area contributed by atoms with E-state index >= 15 is 0 Å². The Morgan fingerprint density at radius 1 is 0.299 bits per heavy atom. The minimum absolute atomic E-state index is 0. The van der Waals surface area contributed by atoms with E-state index in [1.165, 1.54) is 121 Å². The third kappa shape index (κ3) is 13.0. The molecule has 0 aliphatic rings. The van der Waals surface area contributed by atoms with Crippen LogP contribution in [0.1, 0.15) is 106 Å². The van der Waals surface area contributed by atoms with Gasteiger partial charge in [-0.3, -0.25) is 0 Å². The first kappa shape index (κ1) is 60.4. The molecule has 0 fully saturated rings. The Hall–Kier alpha value is -5.87. The van der Waals surface area contributed by atoms with Crippen molar-refractivity contribution >= 4 is 28.8 Å². The predicted molar refractivity (Wildman–Crippen MR) is 314 cm³/mol. The fourth-order valence-corrected chi connectivity index (χ4v) is 18.3. The van der Waals surface area contributed by atoms with E-state index in [1.54, 1.807) is 5.19 Å². The van der Waals surface area contributed by atoms with Crippen LogP contribution in [-0.4, -0.2) is 8.07 Å². The Balaban J connectivity index is 0.00000240. The van der Waals surface area contributed by atoms with Gasteiger partial charge in [0.1, 0.15) is 0 Å². The molecule has 0 atom stereocenters. The third-order valence-electron chi connectivity index (χ3n) is 16.1. The van der Waals surface area contributed by atoms with Crippen LogP contribution < -0.4 is 58.0 Å². The van der Waals surface area contributed by atoms with E-state index in [1.807, 2.05) is 0 Å². The predicted octanol–water partition coefficient (Wildman–Crippen LogP) is 5.50. The van der Waals surface area contributed by atoms with Crippen LogP contribution in [0.3, 0.4) is 0 Å². The first-order chi connectivity index (χ1) is 35.6. The average molecular weight is 1120 g/mol. The zero-order valence-electron chi connectivity index (χ0n) is 45.7. The molecule has 10 aromatic rings. The maximum atomic E-state index is 2.75. The standard InChI is InChI=1S/C72H69Si.3ClH.Ti/c1-50-38-66(44-60-32-20-11-21-33-60)69(47-63(50)41-57-26-14-8-15-27-57)73(72-55(6)53(4)54(5)56(72)7,70-48-64(42-58-28-16-9-17-29-58)51(2)39-67(70)45-61-34-22-12-23-35-61)71-49-65(43-59-30-18-10-19-31-59)52(3)40-68(71)46-62-36-24-13-25-37-62;;;;/h8-40,47-49H,41-46H2,1-7H3;3*1H;/q-1;;;;+4/p-3. The van der Waals surface area contributed by atoms with Crippen molar-refractivity contribution in [2.24, 2.45) is 0 Å². The van der Waals surface area contributed by atoms with Gasteiger partial charge in [-0.1, -0.05) is 246 Å². The fraction of sp³-hybridized carbons (Fsp3) is 0.181. The Kier molecular flexibility index (Phi) is 21.3. The van der Waals surface area contributed by atoms with Crippen LogP contribution in [0.5, 0.6) is 0 Å². The molecule has 0 saturated carbocycles. The van der Waals surface area contributed by atoms with Crippen LogP contribution in [-0.2, 0) is 60.2 Å². The first-order valence-electron chi connectivity index (χ1n) is 26.4. The van der Waals surface area contributed by atoms with Gasteiger partial charge in [-0.15, -0.1) is 0 Å². The smallest absolute Gasteiger partial charge is 1.00 e. The Bertz CT molecular complexity index is 3150. The monoisotopic (exact) mass is 1110 g/mol. The molecule has 0 aliphatic carbocycles. The van der Waals surface area contributed by atoms with E-state index in [4.69, 9.17) is 0 Å². The summed E-state index contributed by atoms with van der Waals surface area (Å²) in [6.45, 7) is 16.8. The van der Waals surface area contributed by atoms with Crippen molar-refractivity contribution in [3.8, 4) is 0 Å². The number of halogens is 3. The van der Waals surface area contributed by atoms with Gasteiger partial charge in [0.15, 0.2) is 8.07 Å². The molecule has 0 saturated heterocycles. The van der Waals surface area contributed by atoms with Crippen molar-refractivity contribution in [3.05, 3.63) is 324 Å². The summed E-state index contributed by atoms with van der Waals surface area (Å²) in [5.41, 5.74) is 26.2. The summed E-state index contributed by atoms with van der Waals surface area (Å²) in [4.78, 5) is 0. The van der Waals surface area contributed by atoms with Crippen LogP contribution >= 0.6 is 0 Å². The average Bonchev–Trinajstić information content (AvgIpc) is 3.62. The molecule has 0 bridgehead atoms. The maximum absolute atomic E-state index is 3.51. The summed E-state index contributed by atoms with van der Waals surface area (Å²) in [6.07, 6.45) is 5.09. The molecule has 10 aromatic carbocycles. The second-order valence-electron chi connectivity index (χ2n) is 20.9. The molecule has 386 valence electrons. The second-order valence-corrected chi connectivity index (χ2v) is 24.5. The largest absolute Gasteiger partial charge is 4.00 e. The summed E-state index contributed by atoms with van der Waals surface area (Å²) in [7, 11) is -3.51. The molecule has 0 aromatic heterocycles. The molecule has 0 radical (unpaired) electrons. The number of hydrogen-bond acceptors (Lipinski definition) is 0. The second kappa shape index (κ2) is 27.1. The molecular formula is C72H69Cl3SiTi. The number of aryl methyl sites for hydroxylation is 3. The van der Waals surface area contributed by atoms with Crippen molar-refractivity contribution in [2.45, 2.75) is 87.0 Å². The topological polar surface area (TPSA) is 0 Å². The van der Waals surface area contributed by atoms with Crippen molar-refractivity contribution in [3.63, 3.8) is 0 Å². The molecule has 0 unspecified atom stereocenters. The van der Waals surface area contributed by atoms with Gasteiger partial charge in [-0.25, -0.2) is 0 Å². The van der Waals surface area contributed by atoms with E-state index in [0.29, 0.717) is 0 Å². The molecule has 0 N–H and O–H groups in total. The van der Waals surface area contributed by atoms with Gasteiger partial charge in [0.2, 0.25) is 0 Å². The van der Waals surface area contributed by atoms with Crippen LogP contribution in [0.25, 0.3) is 0 Å². The number of hydrogen-bond donors (Lipinski definition) is 0. The van der Waals surface area contributed by atoms with Gasteiger partial charge in [0, 0.05) is 0 Å². The number of rotatable bonds is 16. The van der Waals surface area contributed by atoms with Gasteiger partial charge in [-0.2, -0.15) is 27.4 Å². The van der Waals surface area contributed by atoms with Gasteiger partial charge in [0.05, 0.1) is 0 Å². The van der Waals surface area contributed by atoms with Gasteiger partial charge >= 0.3 is 21.7 Å². The quantitative estimate of drug-likeness (QED) is 0.0683. The molecule has 0 aliphatic heterocycles. The summed E-state index contributed by atoms with van der Waals surface area (Å²) in [5, 5.41) is 6.09. The summed E-state index contributed by atoms with van der Waals surface area (Å²) in [6, 6.07) is 83.3. The van der Waals surface area contributed by atoms with Crippen LogP contribution in [0.2, 0.25) is 0 Å². The van der Waals surface area contributed by atoms with Crippen molar-refractivity contribution < 1.29 is 58.9 Å². The van der Waals surface area contributed by atoms with Crippen molar-refractivity contribution in [2.75, 3.05) is 0 Å². The van der Waals surface area contributed by atoms with Gasteiger partial charge in [0.25, 0.3) is 0 Å². The molecule has 5 heteroatoms. The van der Waals surface area contributed by atoms with Crippen LogP contribution in [0.15, 0.2) is 218 Å². The third-order valence-corrected chi connectivity index (χ3v) is 21.5. The van der Waals surface area contributed by atoms with Crippen molar-refractivity contribution in [1.29, 1.82) is 0 Å². The Labute approximate surface area is 495 Å². The molecule has 0 nitrogen and oxygen atoms in total. The first-order valence-corrected chi connectivity index (χ1v) is 28.4. The summed E-state index contributed by atoms with van der Waals surface area (Å²) in [5.74, 6) is 0. The fourth-order valence-electron chi connectivity index (χ4n) is 12.0. The Morgan fingerprint density at radius 2 is 0.519 bits per heavy atom. The van der Waals surface area contributed by atoms with Crippen LogP contribution in [0.4, 0.5) is 0 Å².